The van der Waals surface area contributed by atoms with Gasteiger partial charge in [0, 0.05) is 6.42 Å². The lowest BCUT2D eigenvalue weighted by Crippen LogP contribution is -2.18. The molecule has 0 radical (unpaired) electrons. The highest BCUT2D eigenvalue weighted by atomic mass is 32.1. The van der Waals surface area contributed by atoms with E-state index in [1.54, 1.807) is 0 Å². The van der Waals surface area contributed by atoms with Crippen molar-refractivity contribution >= 4 is 27.0 Å². The maximum Gasteiger partial charge on any atom is 0.161 e. The van der Waals surface area contributed by atoms with E-state index in [0.29, 0.717) is 13.2 Å². The van der Waals surface area contributed by atoms with Gasteiger partial charge in [0.2, 0.25) is 0 Å². The van der Waals surface area contributed by atoms with Crippen LogP contribution in [0.5, 0.6) is 0 Å². The average Bonchev–Trinajstić information content (AvgIpc) is 2.54. The molecule has 0 rings (SSSR count). The molecule has 0 amide bonds. The second-order valence-electron chi connectivity index (χ2n) is 5.90. The number of unbranched alkanes of at least 4 members (excludes halogenated alkanes) is 4. The summed E-state index contributed by atoms with van der Waals surface area (Å²) in [5, 5.41) is 0.777. The highest BCUT2D eigenvalue weighted by molar-refractivity contribution is 7.80. The van der Waals surface area contributed by atoms with Crippen LogP contribution in [0.3, 0.4) is 0 Å². The number of hydrogen-bond acceptors (Lipinski definition) is 5. The molecule has 138 valence electrons. The van der Waals surface area contributed by atoms with E-state index in [4.69, 9.17) is 31.2 Å². The molecule has 23 heavy (non-hydrogen) atoms. The summed E-state index contributed by atoms with van der Waals surface area (Å²) in [5.41, 5.74) is 0. The minimum Gasteiger partial charge on any atom is -0.487 e. The Hall–Kier alpha value is -0.0131. The molecule has 0 heterocycles. The molecule has 0 aliphatic heterocycles. The van der Waals surface area contributed by atoms with E-state index in [9.17, 15) is 0 Å². The summed E-state index contributed by atoms with van der Waals surface area (Å²) in [6, 6.07) is 1.11. The van der Waals surface area contributed by atoms with Crippen molar-refractivity contribution < 1.29 is 18.9 Å². The van der Waals surface area contributed by atoms with Crippen LogP contribution in [0.15, 0.2) is 0 Å². The molecule has 0 fully saturated rings. The number of rotatable bonds is 17. The van der Waals surface area contributed by atoms with Crippen molar-refractivity contribution in [1.82, 2.24) is 0 Å². The van der Waals surface area contributed by atoms with E-state index < -0.39 is 9.76 Å². The summed E-state index contributed by atoms with van der Waals surface area (Å²) in [4.78, 5) is 10.2. The van der Waals surface area contributed by atoms with Gasteiger partial charge in [0.05, 0.1) is 19.8 Å². The fraction of sp³-hybridized carbons (Fsp3) is 0.941. The van der Waals surface area contributed by atoms with Crippen LogP contribution in [0.4, 0.5) is 0 Å². The van der Waals surface area contributed by atoms with Crippen molar-refractivity contribution in [2.24, 2.45) is 0 Å². The number of hydrogen-bond donors (Lipinski definition) is 0. The fourth-order valence-corrected chi connectivity index (χ4v) is 3.30. The third-order valence-electron chi connectivity index (χ3n) is 3.30. The molecule has 0 aliphatic carbocycles. The van der Waals surface area contributed by atoms with E-state index in [0.717, 1.165) is 43.4 Å². The molecular formula is C17H36O4SSi. The molecule has 4 nitrogen and oxygen atoms in total. The van der Waals surface area contributed by atoms with Crippen molar-refractivity contribution in [2.45, 2.75) is 84.3 Å². The highest BCUT2D eigenvalue weighted by Crippen LogP contribution is 2.07. The molecule has 0 saturated carbocycles. The van der Waals surface area contributed by atoms with Crippen LogP contribution in [0.2, 0.25) is 6.04 Å². The zero-order chi connectivity index (χ0) is 17.2. The Balaban J connectivity index is 3.24. The smallest absolute Gasteiger partial charge is 0.161 e. The first-order chi connectivity index (χ1) is 11.2. The Bertz CT molecular complexity index is 267. The van der Waals surface area contributed by atoms with E-state index in [1.165, 1.54) is 25.7 Å². The first-order valence-electron chi connectivity index (χ1n) is 9.22. The molecule has 0 saturated heterocycles. The van der Waals surface area contributed by atoms with Crippen LogP contribution in [0, 0.1) is 0 Å². The molecule has 0 bridgehead atoms. The lowest BCUT2D eigenvalue weighted by Gasteiger charge is -2.12. The van der Waals surface area contributed by atoms with Crippen molar-refractivity contribution in [3.05, 3.63) is 0 Å². The van der Waals surface area contributed by atoms with Gasteiger partial charge in [-0.1, -0.05) is 39.5 Å². The Morgan fingerprint density at radius 1 is 1.00 bits per heavy atom. The lowest BCUT2D eigenvalue weighted by molar-refractivity contribution is -0.323. The van der Waals surface area contributed by atoms with Gasteiger partial charge in [0.25, 0.3) is 0 Å². The molecule has 0 aliphatic rings. The SMILES string of the molecule is CCCCCCCC(=S)OCCC[SiH2]OCC(C)OOCCC. The van der Waals surface area contributed by atoms with Crippen molar-refractivity contribution in [1.29, 1.82) is 0 Å². The standard InChI is InChI=1S/C17H36O4SSi/c1-4-6-7-8-9-11-17(22)18-13-10-14-23-20-15-16(3)21-19-12-5-2/h16H,4-15,23H2,1-3H3. The molecular weight excluding hydrogens is 328 g/mol. The molecule has 1 atom stereocenters. The van der Waals surface area contributed by atoms with E-state index >= 15 is 0 Å². The largest absolute Gasteiger partial charge is 0.487 e. The summed E-state index contributed by atoms with van der Waals surface area (Å²) in [7, 11) is -0.489. The van der Waals surface area contributed by atoms with Crippen molar-refractivity contribution in [2.75, 3.05) is 19.8 Å². The predicted octanol–water partition coefficient (Wildman–Crippen LogP) is 4.35. The van der Waals surface area contributed by atoms with Crippen molar-refractivity contribution in [3.8, 4) is 0 Å². The van der Waals surface area contributed by atoms with Crippen LogP contribution in [0.25, 0.3) is 0 Å². The average molecular weight is 365 g/mol. The van der Waals surface area contributed by atoms with Gasteiger partial charge in [-0.05, 0) is 44.4 Å². The van der Waals surface area contributed by atoms with Gasteiger partial charge in [-0.25, -0.2) is 9.78 Å². The quantitative estimate of drug-likeness (QED) is 0.126. The second kappa shape index (κ2) is 18.3. The highest BCUT2D eigenvalue weighted by Gasteiger charge is 2.03. The third-order valence-corrected chi connectivity index (χ3v) is 4.94. The van der Waals surface area contributed by atoms with Gasteiger partial charge >= 0.3 is 0 Å². The molecule has 0 aromatic rings. The van der Waals surface area contributed by atoms with Gasteiger partial charge in [-0.15, -0.1) is 0 Å². The van der Waals surface area contributed by atoms with Crippen LogP contribution >= 0.6 is 12.2 Å². The van der Waals surface area contributed by atoms with E-state index in [-0.39, 0.29) is 6.10 Å². The second-order valence-corrected chi connectivity index (χ2v) is 7.87. The Morgan fingerprint density at radius 2 is 1.78 bits per heavy atom. The Morgan fingerprint density at radius 3 is 2.52 bits per heavy atom. The lowest BCUT2D eigenvalue weighted by atomic mass is 10.1. The molecule has 1 unspecified atom stereocenters. The minimum absolute atomic E-state index is 0.00517. The summed E-state index contributed by atoms with van der Waals surface area (Å²) < 4.78 is 11.3. The topological polar surface area (TPSA) is 36.9 Å². The van der Waals surface area contributed by atoms with E-state index in [2.05, 4.69) is 13.8 Å². The monoisotopic (exact) mass is 364 g/mol. The molecule has 0 aromatic heterocycles. The fourth-order valence-electron chi connectivity index (χ4n) is 1.96. The van der Waals surface area contributed by atoms with Gasteiger partial charge in [-0.3, -0.25) is 0 Å². The van der Waals surface area contributed by atoms with Gasteiger partial charge in [0.1, 0.15) is 6.10 Å². The summed E-state index contributed by atoms with van der Waals surface area (Å²) in [5.74, 6) is 0. The molecule has 0 N–H and O–H groups in total. The van der Waals surface area contributed by atoms with Crippen LogP contribution in [-0.2, 0) is 18.9 Å². The minimum atomic E-state index is -0.489. The van der Waals surface area contributed by atoms with Gasteiger partial charge in [-0.2, -0.15) is 0 Å². The first kappa shape index (κ1) is 23.0. The summed E-state index contributed by atoms with van der Waals surface area (Å²) in [6.07, 6.45) is 9.27. The maximum absolute atomic E-state index is 5.68. The maximum atomic E-state index is 5.68. The van der Waals surface area contributed by atoms with Crippen LogP contribution in [-0.4, -0.2) is 40.7 Å². The summed E-state index contributed by atoms with van der Waals surface area (Å²) in [6.45, 7) is 8.23. The number of thiocarbonyl (C=S) groups is 1. The van der Waals surface area contributed by atoms with Gasteiger partial charge in [0.15, 0.2) is 14.8 Å². The van der Waals surface area contributed by atoms with Crippen molar-refractivity contribution in [3.63, 3.8) is 0 Å². The Kier molecular flexibility index (Phi) is 18.3. The van der Waals surface area contributed by atoms with Crippen LogP contribution in [0.1, 0.15) is 72.1 Å². The van der Waals surface area contributed by atoms with Crippen LogP contribution < -0.4 is 0 Å². The third kappa shape index (κ3) is 18.2. The number of ether oxygens (including phenoxy) is 1. The molecule has 0 spiro atoms. The predicted molar refractivity (Wildman–Crippen MR) is 103 cm³/mol. The Labute approximate surface area is 150 Å². The zero-order valence-corrected chi connectivity index (χ0v) is 17.5. The zero-order valence-electron chi connectivity index (χ0n) is 15.3. The summed E-state index contributed by atoms with van der Waals surface area (Å²) >= 11 is 5.24. The molecule has 6 heteroatoms. The molecule has 0 aromatic carbocycles. The van der Waals surface area contributed by atoms with E-state index in [1.807, 2.05) is 6.92 Å². The van der Waals surface area contributed by atoms with Gasteiger partial charge < -0.3 is 9.16 Å². The first-order valence-corrected chi connectivity index (χ1v) is 11.2. The normalized spacial score (nSPS) is 12.8.